The van der Waals surface area contributed by atoms with E-state index in [0.717, 1.165) is 23.3 Å². The molecule has 1 atom stereocenters. The van der Waals surface area contributed by atoms with Crippen LogP contribution in [-0.2, 0) is 28.3 Å². The van der Waals surface area contributed by atoms with Gasteiger partial charge in [-0.25, -0.2) is 9.78 Å². The molecule has 1 heterocycles. The number of hydrogen-bond donors (Lipinski definition) is 2. The number of carboxylic acids is 1. The Labute approximate surface area is 244 Å². The van der Waals surface area contributed by atoms with Gasteiger partial charge in [0.15, 0.2) is 5.75 Å². The molecule has 3 aromatic carbocycles. The fourth-order valence-corrected chi connectivity index (χ4v) is 4.61. The monoisotopic (exact) mass is 632 g/mol. The highest BCUT2D eigenvalue weighted by molar-refractivity contribution is 7.81. The third-order valence-corrected chi connectivity index (χ3v) is 6.55. The Morgan fingerprint density at radius 2 is 1.64 bits per heavy atom. The van der Waals surface area contributed by atoms with E-state index in [-0.39, 0.29) is 11.7 Å². The molecule has 0 aliphatic carbocycles. The van der Waals surface area contributed by atoms with Crippen molar-refractivity contribution in [3.05, 3.63) is 116 Å². The predicted molar refractivity (Wildman–Crippen MR) is 148 cm³/mol. The topological polar surface area (TPSA) is 128 Å². The van der Waals surface area contributed by atoms with Crippen LogP contribution >= 0.6 is 46.4 Å². The van der Waals surface area contributed by atoms with Gasteiger partial charge in [-0.15, -0.1) is 0 Å². The van der Waals surface area contributed by atoms with Crippen molar-refractivity contribution in [2.45, 2.75) is 19.3 Å². The maximum absolute atomic E-state index is 10.6. The molecular weight excluding hydrogens is 614 g/mol. The maximum Gasteiger partial charge on any atom is 0.446 e. The summed E-state index contributed by atoms with van der Waals surface area (Å²) in [4.78, 5) is 14.6. The molecule has 0 fully saturated rings. The summed E-state index contributed by atoms with van der Waals surface area (Å²) in [6, 6.07) is 15.8. The molecule has 0 amide bonds. The van der Waals surface area contributed by atoms with E-state index in [1.54, 1.807) is 36.8 Å². The van der Waals surface area contributed by atoms with Crippen LogP contribution in [0, 0.1) is 0 Å². The van der Waals surface area contributed by atoms with E-state index >= 15 is 0 Å². The van der Waals surface area contributed by atoms with Gasteiger partial charge in [0.05, 0.1) is 19.5 Å². The lowest BCUT2D eigenvalue weighted by molar-refractivity contribution is 0.0281. The number of rotatable bonds is 9. The molecule has 0 unspecified atom stereocenters. The van der Waals surface area contributed by atoms with Gasteiger partial charge in [-0.2, -0.15) is 8.42 Å². The second kappa shape index (κ2) is 14.0. The van der Waals surface area contributed by atoms with Gasteiger partial charge >= 0.3 is 16.4 Å². The van der Waals surface area contributed by atoms with Gasteiger partial charge in [0.1, 0.15) is 11.7 Å². The van der Waals surface area contributed by atoms with Crippen molar-refractivity contribution in [3.63, 3.8) is 0 Å². The Morgan fingerprint density at radius 3 is 2.23 bits per heavy atom. The quantitative estimate of drug-likeness (QED) is 0.188. The van der Waals surface area contributed by atoms with Crippen molar-refractivity contribution < 1.29 is 31.8 Å². The van der Waals surface area contributed by atoms with Crippen molar-refractivity contribution in [1.82, 2.24) is 9.55 Å². The van der Waals surface area contributed by atoms with Gasteiger partial charge in [0.2, 0.25) is 0 Å². The second-order valence-electron chi connectivity index (χ2n) is 7.77. The molecular formula is C25H20Cl4N2O7S. The number of halogens is 4. The third-order valence-electron chi connectivity index (χ3n) is 5.01. The molecule has 0 saturated heterocycles. The number of para-hydroxylation sites is 1. The lowest BCUT2D eigenvalue weighted by atomic mass is 10.1. The molecule has 4 rings (SSSR count). The minimum Gasteiger partial charge on any atom is -0.478 e. The molecule has 0 aliphatic rings. The zero-order chi connectivity index (χ0) is 28.6. The van der Waals surface area contributed by atoms with Crippen LogP contribution in [0.3, 0.4) is 0 Å². The predicted octanol–water partition coefficient (Wildman–Crippen LogP) is 7.02. The smallest absolute Gasteiger partial charge is 0.446 e. The number of hydrogen-bond acceptors (Lipinski definition) is 6. The summed E-state index contributed by atoms with van der Waals surface area (Å²) in [6.07, 6.45) is 5.03. The summed E-state index contributed by atoms with van der Waals surface area (Å²) >= 11 is 24.5. The largest absolute Gasteiger partial charge is 0.478 e. The second-order valence-corrected chi connectivity index (χ2v) is 10.5. The Morgan fingerprint density at radius 1 is 0.974 bits per heavy atom. The molecule has 206 valence electrons. The standard InChI is InChI=1S/C18H14Cl4N2O.C7H6O6S/c19-13-2-1-12(16(21)7-13)10-25-18(9-24-6-5-23-11-24)15-4-3-14(20)8-17(15)22;8-7(9)5-3-1-2-4-6(5)13-14(10,11)12/h1-8,11,18H,9-10H2;1-4H,(H,8,9)(H,10,11,12)/t18-;/m0./s1. The van der Waals surface area contributed by atoms with Crippen LogP contribution < -0.4 is 4.18 Å². The van der Waals surface area contributed by atoms with Gasteiger partial charge in [0.25, 0.3) is 0 Å². The number of nitrogens with zero attached hydrogens (tertiary/aromatic N) is 2. The van der Waals surface area contributed by atoms with Gasteiger partial charge < -0.3 is 18.6 Å². The number of ether oxygens (including phenoxy) is 1. The highest BCUT2D eigenvalue weighted by Crippen LogP contribution is 2.31. The minimum absolute atomic E-state index is 0.286. The minimum atomic E-state index is -4.70. The van der Waals surface area contributed by atoms with Gasteiger partial charge in [0, 0.05) is 38.0 Å². The summed E-state index contributed by atoms with van der Waals surface area (Å²) in [6.45, 7) is 0.890. The van der Waals surface area contributed by atoms with Crippen molar-refractivity contribution >= 4 is 62.8 Å². The molecule has 14 heteroatoms. The Balaban J connectivity index is 0.000000255. The Hall–Kier alpha value is -2.83. The summed E-state index contributed by atoms with van der Waals surface area (Å²) < 4.78 is 41.1. The molecule has 0 radical (unpaired) electrons. The molecule has 2 N–H and O–H groups in total. The zero-order valence-electron chi connectivity index (χ0n) is 19.7. The van der Waals surface area contributed by atoms with E-state index in [1.165, 1.54) is 12.1 Å². The molecule has 0 aliphatic heterocycles. The van der Waals surface area contributed by atoms with E-state index in [0.29, 0.717) is 33.2 Å². The van der Waals surface area contributed by atoms with Crippen molar-refractivity contribution in [1.29, 1.82) is 0 Å². The Bertz CT molecular complexity index is 1530. The van der Waals surface area contributed by atoms with Crippen LogP contribution in [0.4, 0.5) is 0 Å². The van der Waals surface area contributed by atoms with Crippen LogP contribution in [-0.4, -0.2) is 33.6 Å². The SMILES string of the molecule is Clc1ccc(CO[C@@H](Cn2ccnc2)c2ccc(Cl)cc2Cl)c(Cl)c1.O=C(O)c1ccccc1OS(=O)(=O)O. The first-order valence-corrected chi connectivity index (χ1v) is 13.8. The fraction of sp³-hybridized carbons (Fsp3) is 0.120. The first-order valence-electron chi connectivity index (χ1n) is 10.9. The van der Waals surface area contributed by atoms with Gasteiger partial charge in [-0.05, 0) is 42.0 Å². The normalized spacial score (nSPS) is 11.8. The molecule has 39 heavy (non-hydrogen) atoms. The van der Waals surface area contributed by atoms with Crippen LogP contribution in [0.2, 0.25) is 20.1 Å². The summed E-state index contributed by atoms with van der Waals surface area (Å²) in [5, 5.41) is 10.9. The number of aromatic nitrogens is 2. The maximum atomic E-state index is 10.6. The molecule has 1 aromatic heterocycles. The Kier molecular flexibility index (Phi) is 11.0. The molecule has 0 saturated carbocycles. The van der Waals surface area contributed by atoms with E-state index in [1.807, 2.05) is 22.9 Å². The molecule has 0 bridgehead atoms. The number of carboxylic acid groups (broad SMARTS) is 1. The average Bonchev–Trinajstić information content (AvgIpc) is 3.36. The summed E-state index contributed by atoms with van der Waals surface area (Å²) in [5.74, 6) is -1.77. The van der Waals surface area contributed by atoms with Crippen molar-refractivity contribution in [2.75, 3.05) is 0 Å². The number of benzene rings is 3. The number of aromatic carboxylic acids is 1. The first-order chi connectivity index (χ1) is 18.4. The molecule has 4 aromatic rings. The van der Waals surface area contributed by atoms with E-state index in [9.17, 15) is 13.2 Å². The third kappa shape index (κ3) is 9.70. The van der Waals surface area contributed by atoms with Gasteiger partial charge in [-0.1, -0.05) is 70.7 Å². The highest BCUT2D eigenvalue weighted by Gasteiger charge is 2.18. The number of imidazole rings is 1. The summed E-state index contributed by atoms with van der Waals surface area (Å²) in [7, 11) is -4.70. The van der Waals surface area contributed by atoms with Crippen LogP contribution in [0.1, 0.15) is 27.6 Å². The highest BCUT2D eigenvalue weighted by atomic mass is 35.5. The van der Waals surface area contributed by atoms with Crippen molar-refractivity contribution in [3.8, 4) is 5.75 Å². The summed E-state index contributed by atoms with van der Waals surface area (Å²) in [5.41, 5.74) is 1.36. The van der Waals surface area contributed by atoms with Crippen molar-refractivity contribution in [2.24, 2.45) is 0 Å². The lowest BCUT2D eigenvalue weighted by Gasteiger charge is -2.21. The molecule has 0 spiro atoms. The number of carbonyl (C=O) groups is 1. The lowest BCUT2D eigenvalue weighted by Crippen LogP contribution is -2.12. The van der Waals surface area contributed by atoms with Crippen LogP contribution in [0.15, 0.2) is 79.4 Å². The average molecular weight is 634 g/mol. The van der Waals surface area contributed by atoms with E-state index in [2.05, 4.69) is 9.17 Å². The van der Waals surface area contributed by atoms with Crippen LogP contribution in [0.5, 0.6) is 5.75 Å². The van der Waals surface area contributed by atoms with E-state index < -0.39 is 22.1 Å². The molecule has 9 nitrogen and oxygen atoms in total. The zero-order valence-corrected chi connectivity index (χ0v) is 23.6. The first kappa shape index (κ1) is 30.7. The van der Waals surface area contributed by atoms with Crippen LogP contribution in [0.25, 0.3) is 0 Å². The fourth-order valence-electron chi connectivity index (χ4n) is 3.25. The van der Waals surface area contributed by atoms with Gasteiger partial charge in [-0.3, -0.25) is 4.55 Å². The van der Waals surface area contributed by atoms with E-state index in [4.69, 9.17) is 60.8 Å².